The van der Waals surface area contributed by atoms with Gasteiger partial charge in [0.2, 0.25) is 0 Å². The number of rotatable bonds is 8. The minimum atomic E-state index is 0.467. The molecule has 0 aliphatic heterocycles. The van der Waals surface area contributed by atoms with Crippen LogP contribution in [-0.4, -0.2) is 35.9 Å². The first-order chi connectivity index (χ1) is 11.7. The van der Waals surface area contributed by atoms with Crippen LogP contribution in [0.15, 0.2) is 53.8 Å². The van der Waals surface area contributed by atoms with Crippen molar-refractivity contribution < 1.29 is 0 Å². The molecular weight excluding hydrogens is 298 g/mol. The van der Waals surface area contributed by atoms with E-state index in [0.717, 1.165) is 32.0 Å². The summed E-state index contributed by atoms with van der Waals surface area (Å²) in [5.74, 6) is 1.89. The molecule has 1 atom stereocenters. The summed E-state index contributed by atoms with van der Waals surface area (Å²) in [7, 11) is 1.82. The predicted octanol–water partition coefficient (Wildman–Crippen LogP) is 2.88. The zero-order chi connectivity index (χ0) is 17.2. The molecule has 1 heterocycles. The third kappa shape index (κ3) is 5.72. The molecule has 2 N–H and O–H groups in total. The van der Waals surface area contributed by atoms with Crippen LogP contribution in [0.4, 0.5) is 0 Å². The van der Waals surface area contributed by atoms with E-state index in [1.54, 1.807) is 0 Å². The van der Waals surface area contributed by atoms with Crippen molar-refractivity contribution in [3.63, 3.8) is 0 Å². The van der Waals surface area contributed by atoms with E-state index in [1.165, 1.54) is 5.56 Å². The highest BCUT2D eigenvalue weighted by Crippen LogP contribution is 2.23. The fourth-order valence-electron chi connectivity index (χ4n) is 2.75. The number of aliphatic imine (C=N–C) groups is 1. The Balaban J connectivity index is 1.77. The van der Waals surface area contributed by atoms with Crippen LogP contribution in [0.1, 0.15) is 31.7 Å². The van der Waals surface area contributed by atoms with Crippen LogP contribution in [0.2, 0.25) is 0 Å². The summed E-state index contributed by atoms with van der Waals surface area (Å²) in [6, 6.07) is 12.6. The predicted molar refractivity (Wildman–Crippen MR) is 100 cm³/mol. The number of benzene rings is 1. The highest BCUT2D eigenvalue weighted by molar-refractivity contribution is 5.79. The Morgan fingerprint density at radius 1 is 1.17 bits per heavy atom. The van der Waals surface area contributed by atoms with Crippen molar-refractivity contribution in [2.75, 3.05) is 20.1 Å². The van der Waals surface area contributed by atoms with E-state index in [4.69, 9.17) is 0 Å². The number of hydrogen-bond donors (Lipinski definition) is 2. The van der Waals surface area contributed by atoms with Gasteiger partial charge in [-0.3, -0.25) is 9.67 Å². The molecule has 1 aromatic carbocycles. The fraction of sp³-hybridized carbons (Fsp3) is 0.474. The number of guanidine groups is 1. The number of hydrogen-bond acceptors (Lipinski definition) is 2. The van der Waals surface area contributed by atoms with Crippen LogP contribution in [0.3, 0.4) is 0 Å². The molecule has 0 aliphatic rings. The van der Waals surface area contributed by atoms with Crippen LogP contribution >= 0.6 is 0 Å². The second-order valence-corrected chi connectivity index (χ2v) is 6.26. The van der Waals surface area contributed by atoms with Crippen LogP contribution in [0.25, 0.3) is 0 Å². The second kappa shape index (κ2) is 9.75. The van der Waals surface area contributed by atoms with Crippen LogP contribution in [0.5, 0.6) is 0 Å². The minimum Gasteiger partial charge on any atom is -0.356 e. The van der Waals surface area contributed by atoms with Crippen molar-refractivity contribution in [2.24, 2.45) is 10.9 Å². The minimum absolute atomic E-state index is 0.467. The molecule has 2 rings (SSSR count). The van der Waals surface area contributed by atoms with Gasteiger partial charge in [0.15, 0.2) is 5.96 Å². The lowest BCUT2D eigenvalue weighted by atomic mass is 9.88. The average Bonchev–Trinajstić information content (AvgIpc) is 3.11. The Morgan fingerprint density at radius 3 is 2.58 bits per heavy atom. The van der Waals surface area contributed by atoms with E-state index in [2.05, 4.69) is 64.9 Å². The summed E-state index contributed by atoms with van der Waals surface area (Å²) in [6.07, 6.45) is 4.80. The molecule has 0 radical (unpaired) electrons. The molecule has 5 heteroatoms. The molecule has 0 fully saturated rings. The smallest absolute Gasteiger partial charge is 0.190 e. The Hall–Kier alpha value is -2.30. The summed E-state index contributed by atoms with van der Waals surface area (Å²) in [5, 5.41) is 11.0. The van der Waals surface area contributed by atoms with Crippen molar-refractivity contribution in [3.05, 3.63) is 54.4 Å². The number of nitrogens with one attached hydrogen (secondary N) is 2. The fourth-order valence-corrected chi connectivity index (χ4v) is 2.75. The molecule has 0 spiro atoms. The zero-order valence-corrected chi connectivity index (χ0v) is 14.9. The lowest BCUT2D eigenvalue weighted by Crippen LogP contribution is -2.40. The maximum atomic E-state index is 4.32. The van der Waals surface area contributed by atoms with Crippen molar-refractivity contribution >= 4 is 5.96 Å². The lowest BCUT2D eigenvalue weighted by Gasteiger charge is -2.23. The molecule has 0 bridgehead atoms. The molecule has 0 amide bonds. The molecule has 24 heavy (non-hydrogen) atoms. The third-order valence-electron chi connectivity index (χ3n) is 4.16. The summed E-state index contributed by atoms with van der Waals surface area (Å²) < 4.78 is 1.95. The Labute approximate surface area is 145 Å². The van der Waals surface area contributed by atoms with E-state index < -0.39 is 0 Å². The van der Waals surface area contributed by atoms with Gasteiger partial charge >= 0.3 is 0 Å². The van der Waals surface area contributed by atoms with Gasteiger partial charge in [-0.25, -0.2) is 0 Å². The highest BCUT2D eigenvalue weighted by Gasteiger charge is 2.15. The van der Waals surface area contributed by atoms with Crippen molar-refractivity contribution in [1.29, 1.82) is 0 Å². The number of aryl methyl sites for hydroxylation is 1. The van der Waals surface area contributed by atoms with Gasteiger partial charge < -0.3 is 10.6 Å². The second-order valence-electron chi connectivity index (χ2n) is 6.26. The van der Waals surface area contributed by atoms with Crippen molar-refractivity contribution in [3.8, 4) is 0 Å². The molecule has 0 saturated carbocycles. The maximum absolute atomic E-state index is 4.32. The van der Waals surface area contributed by atoms with E-state index >= 15 is 0 Å². The van der Waals surface area contributed by atoms with E-state index in [0.29, 0.717) is 11.8 Å². The van der Waals surface area contributed by atoms with Gasteiger partial charge in [-0.1, -0.05) is 44.2 Å². The number of aromatic nitrogens is 2. The van der Waals surface area contributed by atoms with Crippen molar-refractivity contribution in [2.45, 2.75) is 32.7 Å². The van der Waals surface area contributed by atoms with Gasteiger partial charge in [0.05, 0.1) is 0 Å². The molecule has 5 nitrogen and oxygen atoms in total. The first-order valence-corrected chi connectivity index (χ1v) is 8.67. The molecule has 2 aromatic rings. The summed E-state index contributed by atoms with van der Waals surface area (Å²) in [6.45, 7) is 7.19. The summed E-state index contributed by atoms with van der Waals surface area (Å²) in [5.41, 5.74) is 1.37. The van der Waals surface area contributed by atoms with Crippen molar-refractivity contribution in [1.82, 2.24) is 20.4 Å². The van der Waals surface area contributed by atoms with Crippen LogP contribution in [-0.2, 0) is 6.54 Å². The largest absolute Gasteiger partial charge is 0.356 e. The Kier molecular flexibility index (Phi) is 7.33. The summed E-state index contributed by atoms with van der Waals surface area (Å²) in [4.78, 5) is 4.32. The SMILES string of the molecule is CN=C(NCCCn1cccn1)NCC(c1ccccc1)C(C)C. The maximum Gasteiger partial charge on any atom is 0.190 e. The quantitative estimate of drug-likeness (QED) is 0.445. The van der Waals surface area contributed by atoms with Gasteiger partial charge in [-0.2, -0.15) is 5.10 Å². The standard InChI is InChI=1S/C19H29N5/c1-16(2)18(17-9-5-4-6-10-17)15-22-19(20-3)21-11-7-13-24-14-8-12-23-24/h4-6,8-10,12,14,16,18H,7,11,13,15H2,1-3H3,(H2,20,21,22). The van der Waals surface area contributed by atoms with Crippen LogP contribution < -0.4 is 10.6 Å². The van der Waals surface area contributed by atoms with Gasteiger partial charge in [0.25, 0.3) is 0 Å². The normalized spacial score (nSPS) is 13.1. The topological polar surface area (TPSA) is 54.2 Å². The van der Waals surface area contributed by atoms with Gasteiger partial charge in [0.1, 0.15) is 0 Å². The van der Waals surface area contributed by atoms with Crippen LogP contribution in [0, 0.1) is 5.92 Å². The Bertz CT molecular complexity index is 589. The molecule has 0 saturated heterocycles. The average molecular weight is 327 g/mol. The van der Waals surface area contributed by atoms with Gasteiger partial charge in [-0.15, -0.1) is 0 Å². The molecular formula is C19H29N5. The molecule has 1 unspecified atom stereocenters. The molecule has 1 aromatic heterocycles. The van der Waals surface area contributed by atoms with E-state index in [9.17, 15) is 0 Å². The van der Waals surface area contributed by atoms with E-state index in [1.807, 2.05) is 30.2 Å². The summed E-state index contributed by atoms with van der Waals surface area (Å²) >= 11 is 0. The first-order valence-electron chi connectivity index (χ1n) is 8.67. The number of nitrogens with zero attached hydrogens (tertiary/aromatic N) is 3. The third-order valence-corrected chi connectivity index (χ3v) is 4.16. The zero-order valence-electron chi connectivity index (χ0n) is 14.9. The van der Waals surface area contributed by atoms with E-state index in [-0.39, 0.29) is 0 Å². The Morgan fingerprint density at radius 2 is 1.96 bits per heavy atom. The first kappa shape index (κ1) is 18.0. The lowest BCUT2D eigenvalue weighted by molar-refractivity contribution is 0.487. The van der Waals surface area contributed by atoms with Gasteiger partial charge in [-0.05, 0) is 24.0 Å². The molecule has 130 valence electrons. The molecule has 0 aliphatic carbocycles. The monoisotopic (exact) mass is 327 g/mol. The highest BCUT2D eigenvalue weighted by atomic mass is 15.3. The van der Waals surface area contributed by atoms with Gasteiger partial charge in [0, 0.05) is 45.0 Å².